The molecule has 0 radical (unpaired) electrons. The van der Waals surface area contributed by atoms with E-state index in [2.05, 4.69) is 10.1 Å². The highest BCUT2D eigenvalue weighted by Crippen LogP contribution is 2.27. The molecule has 1 atom stereocenters. The topological polar surface area (TPSA) is 41.6 Å². The highest BCUT2D eigenvalue weighted by molar-refractivity contribution is 5.97. The summed E-state index contributed by atoms with van der Waals surface area (Å²) in [5, 5.41) is 3.09. The van der Waals surface area contributed by atoms with Gasteiger partial charge in [0, 0.05) is 19.1 Å². The van der Waals surface area contributed by atoms with Crippen molar-refractivity contribution in [2.45, 2.75) is 25.2 Å². The normalized spacial score (nSPS) is 19.4. The van der Waals surface area contributed by atoms with Crippen LogP contribution in [-0.2, 0) is 0 Å². The fraction of sp³-hybridized carbons (Fsp3) is 0.500. The summed E-state index contributed by atoms with van der Waals surface area (Å²) in [6, 6.07) is 5.60. The first kappa shape index (κ1) is 15.6. The molecule has 0 aromatic heterocycles. The van der Waals surface area contributed by atoms with Crippen LogP contribution in [-0.4, -0.2) is 43.3 Å². The molecule has 1 fully saturated rings. The number of carbonyl (C=O) groups excluding carboxylic acids is 1. The van der Waals surface area contributed by atoms with Gasteiger partial charge in [0.15, 0.2) is 0 Å². The van der Waals surface area contributed by atoms with Gasteiger partial charge in [0.25, 0.3) is 5.91 Å². The highest BCUT2D eigenvalue weighted by atomic mass is 19.4. The molecule has 0 bridgehead atoms. The molecule has 1 N–H and O–H groups in total. The highest BCUT2D eigenvalue weighted by Gasteiger charge is 2.34. The van der Waals surface area contributed by atoms with Gasteiger partial charge in [-0.2, -0.15) is 0 Å². The molecule has 7 heteroatoms. The van der Waals surface area contributed by atoms with Gasteiger partial charge in [0.05, 0.1) is 5.56 Å². The van der Waals surface area contributed by atoms with Crippen molar-refractivity contribution in [1.29, 1.82) is 0 Å². The molecule has 4 nitrogen and oxygen atoms in total. The van der Waals surface area contributed by atoms with Crippen LogP contribution in [0.5, 0.6) is 5.75 Å². The monoisotopic (exact) mass is 302 g/mol. The third-order valence-corrected chi connectivity index (χ3v) is 3.46. The van der Waals surface area contributed by atoms with Gasteiger partial charge >= 0.3 is 6.36 Å². The molecule has 1 aromatic carbocycles. The van der Waals surface area contributed by atoms with Crippen LogP contribution < -0.4 is 10.1 Å². The summed E-state index contributed by atoms with van der Waals surface area (Å²) in [5.41, 5.74) is -0.0634. The summed E-state index contributed by atoms with van der Waals surface area (Å²) < 4.78 is 41.1. The largest absolute Gasteiger partial charge is 0.573 e. The summed E-state index contributed by atoms with van der Waals surface area (Å²) in [4.78, 5) is 14.0. The zero-order valence-electron chi connectivity index (χ0n) is 11.6. The maximum atomic E-state index is 12.4. The lowest BCUT2D eigenvalue weighted by atomic mass is 10.0. The third kappa shape index (κ3) is 4.10. The van der Waals surface area contributed by atoms with Crippen molar-refractivity contribution in [3.05, 3.63) is 29.8 Å². The molecule has 1 aliphatic heterocycles. The Morgan fingerprint density at radius 3 is 2.76 bits per heavy atom. The molecular formula is C14H17F3N2O2. The Kier molecular flexibility index (Phi) is 4.72. The van der Waals surface area contributed by atoms with E-state index in [1.807, 2.05) is 0 Å². The zero-order valence-corrected chi connectivity index (χ0v) is 11.6. The number of amides is 1. The number of hydrogen-bond acceptors (Lipinski definition) is 3. The number of alkyl halides is 3. The zero-order chi connectivity index (χ0) is 15.5. The van der Waals surface area contributed by atoms with E-state index < -0.39 is 18.0 Å². The Bertz CT molecular complexity index is 505. The maximum absolute atomic E-state index is 12.4. The second-order valence-electron chi connectivity index (χ2n) is 4.92. The van der Waals surface area contributed by atoms with Gasteiger partial charge in [-0.05, 0) is 32.0 Å². The lowest BCUT2D eigenvalue weighted by molar-refractivity contribution is -0.274. The van der Waals surface area contributed by atoms with Crippen LogP contribution in [0.25, 0.3) is 0 Å². The van der Waals surface area contributed by atoms with Crippen molar-refractivity contribution in [3.63, 3.8) is 0 Å². The second kappa shape index (κ2) is 6.34. The lowest BCUT2D eigenvalue weighted by Gasteiger charge is -2.33. The van der Waals surface area contributed by atoms with Crippen molar-refractivity contribution >= 4 is 5.91 Å². The van der Waals surface area contributed by atoms with Gasteiger partial charge in [-0.15, -0.1) is 13.2 Å². The fourth-order valence-corrected chi connectivity index (χ4v) is 2.42. The van der Waals surface area contributed by atoms with E-state index in [0.29, 0.717) is 13.1 Å². The summed E-state index contributed by atoms with van der Waals surface area (Å²) in [6.45, 7) is 1.02. The standard InChI is InChI=1S/C14H17F3N2O2/c1-18-10-5-4-8-19(9-10)13(20)11-6-2-3-7-12(11)21-14(15,16)17/h2-3,6-7,10,18H,4-5,8-9H2,1H3/t10-/m1/s1. The Balaban J connectivity index is 2.19. The number of halogens is 3. The molecule has 0 saturated carbocycles. The average molecular weight is 302 g/mol. The predicted molar refractivity (Wildman–Crippen MR) is 71.1 cm³/mol. The number of likely N-dealkylation sites (N-methyl/N-ethyl adjacent to an activating group) is 1. The van der Waals surface area contributed by atoms with Crippen LogP contribution >= 0.6 is 0 Å². The minimum atomic E-state index is -4.81. The molecular weight excluding hydrogens is 285 g/mol. The molecule has 116 valence electrons. The van der Waals surface area contributed by atoms with E-state index in [1.165, 1.54) is 18.2 Å². The molecule has 0 unspecified atom stereocenters. The Labute approximate surface area is 120 Å². The first-order valence-corrected chi connectivity index (χ1v) is 6.72. The van der Waals surface area contributed by atoms with Crippen LogP contribution in [0, 0.1) is 0 Å². The predicted octanol–water partition coefficient (Wildman–Crippen LogP) is 2.41. The number of nitrogens with one attached hydrogen (secondary N) is 1. The van der Waals surface area contributed by atoms with Gasteiger partial charge in [0.2, 0.25) is 0 Å². The molecule has 1 saturated heterocycles. The van der Waals surface area contributed by atoms with Crippen molar-refractivity contribution in [2.75, 3.05) is 20.1 Å². The van der Waals surface area contributed by atoms with Gasteiger partial charge in [0.1, 0.15) is 5.75 Å². The number of nitrogens with zero attached hydrogens (tertiary/aromatic N) is 1. The number of likely N-dealkylation sites (tertiary alicyclic amines) is 1. The van der Waals surface area contributed by atoms with E-state index in [0.717, 1.165) is 18.9 Å². The Morgan fingerprint density at radius 2 is 2.10 bits per heavy atom. The lowest BCUT2D eigenvalue weighted by Crippen LogP contribution is -2.47. The van der Waals surface area contributed by atoms with E-state index in [9.17, 15) is 18.0 Å². The number of ether oxygens (including phenoxy) is 1. The van der Waals surface area contributed by atoms with Crippen LogP contribution in [0.4, 0.5) is 13.2 Å². The first-order chi connectivity index (χ1) is 9.90. The van der Waals surface area contributed by atoms with E-state index in [4.69, 9.17) is 0 Å². The number of rotatable bonds is 3. The van der Waals surface area contributed by atoms with Gasteiger partial charge in [-0.25, -0.2) is 0 Å². The Hall–Kier alpha value is -1.76. The van der Waals surface area contributed by atoms with Gasteiger partial charge in [-0.1, -0.05) is 12.1 Å². The first-order valence-electron chi connectivity index (χ1n) is 6.72. The van der Waals surface area contributed by atoms with Gasteiger partial charge < -0.3 is 15.0 Å². The van der Waals surface area contributed by atoms with E-state index in [-0.39, 0.29) is 11.6 Å². The smallest absolute Gasteiger partial charge is 0.405 e. The van der Waals surface area contributed by atoms with E-state index in [1.54, 1.807) is 11.9 Å². The summed E-state index contributed by atoms with van der Waals surface area (Å²) >= 11 is 0. The molecule has 2 rings (SSSR count). The van der Waals surface area contributed by atoms with Crippen LogP contribution in [0.1, 0.15) is 23.2 Å². The molecule has 21 heavy (non-hydrogen) atoms. The van der Waals surface area contributed by atoms with Crippen molar-refractivity contribution in [2.24, 2.45) is 0 Å². The van der Waals surface area contributed by atoms with E-state index >= 15 is 0 Å². The third-order valence-electron chi connectivity index (χ3n) is 3.46. The number of carbonyl (C=O) groups is 1. The van der Waals surface area contributed by atoms with Crippen molar-refractivity contribution < 1.29 is 22.7 Å². The molecule has 1 aromatic rings. The minimum Gasteiger partial charge on any atom is -0.405 e. The fourth-order valence-electron chi connectivity index (χ4n) is 2.42. The van der Waals surface area contributed by atoms with Crippen molar-refractivity contribution in [1.82, 2.24) is 10.2 Å². The molecule has 0 spiro atoms. The average Bonchev–Trinajstić information content (AvgIpc) is 2.45. The summed E-state index contributed by atoms with van der Waals surface area (Å²) in [7, 11) is 1.80. The SMILES string of the molecule is CN[C@@H]1CCCN(C(=O)c2ccccc2OC(F)(F)F)C1. The van der Waals surface area contributed by atoms with Gasteiger partial charge in [-0.3, -0.25) is 4.79 Å². The summed E-state index contributed by atoms with van der Waals surface area (Å²) in [6.07, 6.45) is -3.05. The van der Waals surface area contributed by atoms with Crippen LogP contribution in [0.2, 0.25) is 0 Å². The van der Waals surface area contributed by atoms with Crippen LogP contribution in [0.15, 0.2) is 24.3 Å². The second-order valence-corrected chi connectivity index (χ2v) is 4.92. The number of piperidine rings is 1. The van der Waals surface area contributed by atoms with Crippen molar-refractivity contribution in [3.8, 4) is 5.75 Å². The minimum absolute atomic E-state index is 0.0634. The molecule has 1 amide bonds. The Morgan fingerprint density at radius 1 is 1.38 bits per heavy atom. The molecule has 1 aliphatic rings. The summed E-state index contributed by atoms with van der Waals surface area (Å²) in [5.74, 6) is -0.892. The number of para-hydroxylation sites is 1. The maximum Gasteiger partial charge on any atom is 0.573 e. The quantitative estimate of drug-likeness (QED) is 0.932. The number of benzene rings is 1. The molecule has 0 aliphatic carbocycles. The molecule has 1 heterocycles. The van der Waals surface area contributed by atoms with Crippen LogP contribution in [0.3, 0.4) is 0 Å². The number of hydrogen-bond donors (Lipinski definition) is 1.